The molecule has 4 rings (SSSR count). The van der Waals surface area contributed by atoms with Crippen molar-refractivity contribution in [3.8, 4) is 5.75 Å². The van der Waals surface area contributed by atoms with Crippen LogP contribution in [0.1, 0.15) is 37.0 Å². The number of nitrogens with zero attached hydrogens (tertiary/aromatic N) is 2. The van der Waals surface area contributed by atoms with Crippen LogP contribution in [0.25, 0.3) is 0 Å². The Morgan fingerprint density at radius 1 is 0.826 bits per heavy atom. The summed E-state index contributed by atoms with van der Waals surface area (Å²) < 4.78 is 33.1. The molecule has 0 radical (unpaired) electrons. The first kappa shape index (κ1) is 34.5. The quantitative estimate of drug-likeness (QED) is 0.163. The van der Waals surface area contributed by atoms with Crippen molar-refractivity contribution in [1.29, 1.82) is 0 Å². The van der Waals surface area contributed by atoms with Crippen molar-refractivity contribution in [2.45, 2.75) is 51.9 Å². The molecular formula is C36H40ClN3O5S. The molecule has 2 amide bonds. The normalized spacial score (nSPS) is 12.5. The molecule has 0 fully saturated rings. The summed E-state index contributed by atoms with van der Waals surface area (Å²) in [6.45, 7) is 3.80. The Labute approximate surface area is 277 Å². The number of halogens is 1. The van der Waals surface area contributed by atoms with Crippen LogP contribution in [-0.2, 0) is 39.2 Å². The van der Waals surface area contributed by atoms with E-state index in [1.165, 1.54) is 4.90 Å². The van der Waals surface area contributed by atoms with E-state index in [4.69, 9.17) is 16.3 Å². The summed E-state index contributed by atoms with van der Waals surface area (Å²) in [5, 5.41) is 3.56. The zero-order chi connectivity index (χ0) is 33.1. The van der Waals surface area contributed by atoms with Crippen molar-refractivity contribution in [3.63, 3.8) is 0 Å². The molecule has 0 aliphatic heterocycles. The van der Waals surface area contributed by atoms with Crippen LogP contribution in [0.3, 0.4) is 0 Å². The van der Waals surface area contributed by atoms with Gasteiger partial charge in [0, 0.05) is 24.0 Å². The van der Waals surface area contributed by atoms with Crippen LogP contribution in [0.2, 0.25) is 5.02 Å². The van der Waals surface area contributed by atoms with Gasteiger partial charge in [-0.05, 0) is 66.4 Å². The van der Waals surface area contributed by atoms with E-state index >= 15 is 0 Å². The van der Waals surface area contributed by atoms with E-state index in [1.807, 2.05) is 74.5 Å². The van der Waals surface area contributed by atoms with E-state index < -0.39 is 28.5 Å². The molecule has 0 aliphatic rings. The number of hydrogen-bond donors (Lipinski definition) is 1. The van der Waals surface area contributed by atoms with Crippen molar-refractivity contribution in [2.24, 2.45) is 0 Å². The smallest absolute Gasteiger partial charge is 0.244 e. The van der Waals surface area contributed by atoms with E-state index in [0.717, 1.165) is 27.3 Å². The van der Waals surface area contributed by atoms with Gasteiger partial charge < -0.3 is 15.0 Å². The number of carbonyl (C=O) groups excluding carboxylic acids is 2. The molecular weight excluding hydrogens is 622 g/mol. The lowest BCUT2D eigenvalue weighted by atomic mass is 10.0. The van der Waals surface area contributed by atoms with Gasteiger partial charge in [0.05, 0.1) is 11.9 Å². The molecule has 0 aliphatic carbocycles. The van der Waals surface area contributed by atoms with Gasteiger partial charge in [0.15, 0.2) is 0 Å². The molecule has 4 aromatic rings. The van der Waals surface area contributed by atoms with E-state index in [9.17, 15) is 18.0 Å². The molecule has 0 bridgehead atoms. The van der Waals surface area contributed by atoms with Gasteiger partial charge in [-0.2, -0.15) is 0 Å². The predicted octanol–water partition coefficient (Wildman–Crippen LogP) is 6.24. The summed E-state index contributed by atoms with van der Waals surface area (Å²) in [5.74, 6) is -0.280. The zero-order valence-electron chi connectivity index (χ0n) is 26.3. The zero-order valence-corrected chi connectivity index (χ0v) is 27.9. The van der Waals surface area contributed by atoms with Crippen LogP contribution in [0.15, 0.2) is 109 Å². The number of anilines is 1. The van der Waals surface area contributed by atoms with Gasteiger partial charge in [-0.3, -0.25) is 13.9 Å². The second kappa shape index (κ2) is 16.3. The topological polar surface area (TPSA) is 96.0 Å². The molecule has 0 unspecified atom stereocenters. The van der Waals surface area contributed by atoms with Crippen molar-refractivity contribution in [2.75, 3.05) is 17.1 Å². The summed E-state index contributed by atoms with van der Waals surface area (Å²) >= 11 is 6.13. The molecule has 46 heavy (non-hydrogen) atoms. The van der Waals surface area contributed by atoms with Gasteiger partial charge in [-0.15, -0.1) is 0 Å². The van der Waals surface area contributed by atoms with Crippen molar-refractivity contribution < 1.29 is 22.7 Å². The number of benzene rings is 4. The van der Waals surface area contributed by atoms with Crippen LogP contribution in [0.4, 0.5) is 5.69 Å². The number of rotatable bonds is 15. The van der Waals surface area contributed by atoms with Gasteiger partial charge in [-0.25, -0.2) is 8.42 Å². The highest BCUT2D eigenvalue weighted by atomic mass is 35.5. The van der Waals surface area contributed by atoms with Gasteiger partial charge >= 0.3 is 0 Å². The van der Waals surface area contributed by atoms with Crippen molar-refractivity contribution >= 4 is 39.1 Å². The second-order valence-corrected chi connectivity index (χ2v) is 13.6. The highest BCUT2D eigenvalue weighted by Crippen LogP contribution is 2.24. The summed E-state index contributed by atoms with van der Waals surface area (Å²) in [6.07, 6.45) is 2.01. The third kappa shape index (κ3) is 10.1. The lowest BCUT2D eigenvalue weighted by molar-refractivity contribution is -0.140. The maximum absolute atomic E-state index is 14.3. The number of carbonyl (C=O) groups is 2. The van der Waals surface area contributed by atoms with Crippen LogP contribution in [0, 0.1) is 0 Å². The minimum Gasteiger partial charge on any atom is -0.489 e. The molecule has 4 aromatic carbocycles. The number of nitrogens with one attached hydrogen (secondary N) is 1. The highest BCUT2D eigenvalue weighted by molar-refractivity contribution is 7.92. The first-order valence-corrected chi connectivity index (χ1v) is 17.4. The van der Waals surface area contributed by atoms with Gasteiger partial charge in [-0.1, -0.05) is 91.3 Å². The Bertz CT molecular complexity index is 1670. The molecule has 0 heterocycles. The van der Waals surface area contributed by atoms with Crippen molar-refractivity contribution in [3.05, 3.63) is 131 Å². The molecule has 0 saturated heterocycles. The fourth-order valence-corrected chi connectivity index (χ4v) is 5.82. The average molecular weight is 662 g/mol. The fraction of sp³-hybridized carbons (Fsp3) is 0.278. The molecule has 1 N–H and O–H groups in total. The summed E-state index contributed by atoms with van der Waals surface area (Å²) in [4.78, 5) is 29.5. The van der Waals surface area contributed by atoms with Crippen LogP contribution in [-0.4, -0.2) is 50.0 Å². The summed E-state index contributed by atoms with van der Waals surface area (Å²) in [5.41, 5.74) is 2.92. The molecule has 242 valence electrons. The van der Waals surface area contributed by atoms with E-state index in [-0.39, 0.29) is 24.9 Å². The van der Waals surface area contributed by atoms with Gasteiger partial charge in [0.2, 0.25) is 21.8 Å². The number of amides is 2. The third-order valence-electron chi connectivity index (χ3n) is 7.59. The lowest BCUT2D eigenvalue weighted by Gasteiger charge is -2.34. The van der Waals surface area contributed by atoms with Crippen LogP contribution >= 0.6 is 11.6 Å². The minimum atomic E-state index is -3.89. The number of sulfonamides is 1. The molecule has 8 nitrogen and oxygen atoms in total. The third-order valence-corrected chi connectivity index (χ3v) is 8.98. The lowest BCUT2D eigenvalue weighted by Crippen LogP contribution is -2.54. The highest BCUT2D eigenvalue weighted by Gasteiger charge is 2.33. The van der Waals surface area contributed by atoms with E-state index in [2.05, 4.69) is 5.32 Å². The maximum Gasteiger partial charge on any atom is 0.244 e. The average Bonchev–Trinajstić information content (AvgIpc) is 3.05. The molecule has 10 heteroatoms. The minimum absolute atomic E-state index is 0.0747. The Balaban J connectivity index is 1.64. The van der Waals surface area contributed by atoms with Crippen LogP contribution in [0.5, 0.6) is 5.75 Å². The Morgan fingerprint density at radius 2 is 1.41 bits per heavy atom. The molecule has 0 saturated carbocycles. The van der Waals surface area contributed by atoms with Gasteiger partial charge in [0.1, 0.15) is 24.9 Å². The summed E-state index contributed by atoms with van der Waals surface area (Å²) in [6, 6.07) is 31.7. The largest absolute Gasteiger partial charge is 0.489 e. The second-order valence-electron chi connectivity index (χ2n) is 11.2. The van der Waals surface area contributed by atoms with Gasteiger partial charge in [0.25, 0.3) is 0 Å². The van der Waals surface area contributed by atoms with Crippen molar-refractivity contribution in [1.82, 2.24) is 10.2 Å². The molecule has 0 spiro atoms. The fourth-order valence-electron chi connectivity index (χ4n) is 4.84. The molecule has 0 aromatic heterocycles. The summed E-state index contributed by atoms with van der Waals surface area (Å²) in [7, 11) is -3.89. The SMILES string of the molecule is CC[C@@H](C)NC(=O)[C@@H](Cc1ccccc1)N(Cc1ccc(Cl)cc1)C(=O)CN(c1ccc(OCc2ccccc2)cc1)S(C)(=O)=O. The maximum atomic E-state index is 14.3. The Morgan fingerprint density at radius 3 is 1.98 bits per heavy atom. The molecule has 2 atom stereocenters. The number of ether oxygens (including phenoxy) is 1. The van der Waals surface area contributed by atoms with E-state index in [0.29, 0.717) is 29.5 Å². The number of hydrogen-bond acceptors (Lipinski definition) is 5. The Kier molecular flexibility index (Phi) is 12.2. The Hall–Kier alpha value is -4.34. The first-order chi connectivity index (χ1) is 22.0. The van der Waals surface area contributed by atoms with Crippen LogP contribution < -0.4 is 14.4 Å². The van der Waals surface area contributed by atoms with E-state index in [1.54, 1.807) is 48.5 Å². The standard InChI is InChI=1S/C36H40ClN3O5S/c1-4-27(2)38-36(42)34(23-28-11-7-5-8-12-28)39(24-29-15-17-31(37)18-16-29)35(41)25-40(46(3,43)44)32-19-21-33(22-20-32)45-26-30-13-9-6-10-14-30/h5-22,27,34H,4,23-26H2,1-3H3,(H,38,42)/t27-,34-/m1/s1. The first-order valence-electron chi connectivity index (χ1n) is 15.2. The predicted molar refractivity (Wildman–Crippen MR) is 183 cm³/mol. The monoisotopic (exact) mass is 661 g/mol.